The van der Waals surface area contributed by atoms with Gasteiger partial charge < -0.3 is 10.2 Å². The van der Waals surface area contributed by atoms with Gasteiger partial charge in [0.15, 0.2) is 5.69 Å². The third-order valence-corrected chi connectivity index (χ3v) is 3.55. The first-order valence-electron chi connectivity index (χ1n) is 7.71. The Hall–Kier alpha value is -2.63. The molecule has 2 rings (SSSR count). The standard InChI is InChI=1S/C17H22N4O2/c1-4-6-11-20(3)17(23)14-13-9-7-8-12-21(13)15(19-14)16(22)18-10-5-2/h5,7-9,12H,2,4,6,10-11H2,1,3H3,(H,18,22). The maximum Gasteiger partial charge on any atom is 0.287 e. The molecule has 2 heterocycles. The van der Waals surface area contributed by atoms with Gasteiger partial charge in [0.25, 0.3) is 11.8 Å². The summed E-state index contributed by atoms with van der Waals surface area (Å²) in [6, 6.07) is 5.41. The lowest BCUT2D eigenvalue weighted by atomic mass is 10.2. The molecule has 2 aromatic heterocycles. The van der Waals surface area contributed by atoms with Crippen molar-refractivity contribution in [3.8, 4) is 0 Å². The SMILES string of the molecule is C=CCNC(=O)c1nc(C(=O)N(C)CCCC)c2ccccn12. The van der Waals surface area contributed by atoms with E-state index < -0.39 is 0 Å². The monoisotopic (exact) mass is 314 g/mol. The third kappa shape index (κ3) is 3.59. The van der Waals surface area contributed by atoms with E-state index >= 15 is 0 Å². The minimum Gasteiger partial charge on any atom is -0.346 e. The molecule has 2 amide bonds. The minimum absolute atomic E-state index is 0.176. The molecule has 0 aliphatic carbocycles. The molecular weight excluding hydrogens is 292 g/mol. The van der Waals surface area contributed by atoms with E-state index in [1.165, 1.54) is 0 Å². The lowest BCUT2D eigenvalue weighted by Crippen LogP contribution is -2.28. The van der Waals surface area contributed by atoms with Crippen LogP contribution in [0, 0.1) is 0 Å². The molecule has 0 aliphatic rings. The van der Waals surface area contributed by atoms with Gasteiger partial charge in [-0.1, -0.05) is 25.5 Å². The lowest BCUT2D eigenvalue weighted by molar-refractivity contribution is 0.0790. The summed E-state index contributed by atoms with van der Waals surface area (Å²) in [5.74, 6) is -0.305. The molecule has 0 saturated carbocycles. The van der Waals surface area contributed by atoms with Crippen LogP contribution in [0.4, 0.5) is 0 Å². The Morgan fingerprint density at radius 2 is 2.22 bits per heavy atom. The van der Waals surface area contributed by atoms with E-state index in [2.05, 4.69) is 23.8 Å². The zero-order valence-electron chi connectivity index (χ0n) is 13.6. The predicted molar refractivity (Wildman–Crippen MR) is 89.6 cm³/mol. The molecule has 0 fully saturated rings. The Labute approximate surface area is 135 Å². The largest absolute Gasteiger partial charge is 0.346 e. The number of imidazole rings is 1. The fraction of sp³-hybridized carbons (Fsp3) is 0.353. The molecule has 0 bridgehead atoms. The van der Waals surface area contributed by atoms with Crippen LogP contribution < -0.4 is 5.32 Å². The average molecular weight is 314 g/mol. The topological polar surface area (TPSA) is 66.7 Å². The summed E-state index contributed by atoms with van der Waals surface area (Å²) in [6.45, 7) is 6.66. The van der Waals surface area contributed by atoms with Crippen LogP contribution >= 0.6 is 0 Å². The van der Waals surface area contributed by atoms with E-state index in [9.17, 15) is 9.59 Å². The van der Waals surface area contributed by atoms with Gasteiger partial charge in [-0.3, -0.25) is 14.0 Å². The lowest BCUT2D eigenvalue weighted by Gasteiger charge is -2.15. The zero-order valence-corrected chi connectivity index (χ0v) is 13.6. The van der Waals surface area contributed by atoms with Crippen molar-refractivity contribution < 1.29 is 9.59 Å². The van der Waals surface area contributed by atoms with Crippen molar-refractivity contribution in [3.63, 3.8) is 0 Å². The van der Waals surface area contributed by atoms with E-state index in [1.54, 1.807) is 40.8 Å². The maximum absolute atomic E-state index is 12.6. The molecule has 0 aliphatic heterocycles. The molecule has 0 atom stereocenters. The maximum atomic E-state index is 12.6. The first-order valence-corrected chi connectivity index (χ1v) is 7.71. The molecular formula is C17H22N4O2. The highest BCUT2D eigenvalue weighted by molar-refractivity contribution is 6.02. The van der Waals surface area contributed by atoms with E-state index in [0.717, 1.165) is 12.8 Å². The number of hydrogen-bond donors (Lipinski definition) is 1. The molecule has 6 heteroatoms. The number of rotatable bonds is 7. The average Bonchev–Trinajstić information content (AvgIpc) is 2.96. The van der Waals surface area contributed by atoms with Crippen LogP contribution in [0.5, 0.6) is 0 Å². The van der Waals surface area contributed by atoms with Crippen molar-refractivity contribution in [1.82, 2.24) is 19.6 Å². The molecule has 0 unspecified atom stereocenters. The van der Waals surface area contributed by atoms with Crippen LogP contribution in [0.3, 0.4) is 0 Å². The first-order chi connectivity index (χ1) is 11.1. The molecule has 122 valence electrons. The number of pyridine rings is 1. The second-order valence-corrected chi connectivity index (χ2v) is 5.32. The number of carbonyl (C=O) groups excluding carboxylic acids is 2. The Balaban J connectivity index is 2.39. The quantitative estimate of drug-likeness (QED) is 0.796. The van der Waals surface area contributed by atoms with E-state index in [4.69, 9.17) is 0 Å². The summed E-state index contributed by atoms with van der Waals surface area (Å²) in [5, 5.41) is 2.69. The highest BCUT2D eigenvalue weighted by Gasteiger charge is 2.23. The summed E-state index contributed by atoms with van der Waals surface area (Å²) in [5.41, 5.74) is 0.928. The van der Waals surface area contributed by atoms with Crippen LogP contribution in [0.1, 0.15) is 40.9 Å². The van der Waals surface area contributed by atoms with E-state index in [1.807, 2.05) is 6.07 Å². The van der Waals surface area contributed by atoms with Gasteiger partial charge in [-0.2, -0.15) is 0 Å². The molecule has 0 aromatic carbocycles. The molecule has 0 saturated heterocycles. The Kier molecular flexibility index (Phi) is 5.51. The number of fused-ring (bicyclic) bond motifs is 1. The van der Waals surface area contributed by atoms with Gasteiger partial charge in [0.2, 0.25) is 5.82 Å². The van der Waals surface area contributed by atoms with Crippen LogP contribution in [-0.2, 0) is 0 Å². The Morgan fingerprint density at radius 3 is 2.91 bits per heavy atom. The van der Waals surface area contributed by atoms with Crippen LogP contribution in [0.25, 0.3) is 5.52 Å². The van der Waals surface area contributed by atoms with Gasteiger partial charge in [-0.05, 0) is 18.6 Å². The highest BCUT2D eigenvalue weighted by Crippen LogP contribution is 2.15. The number of unbranched alkanes of at least 4 members (excludes halogenated alkanes) is 1. The van der Waals surface area contributed by atoms with Gasteiger partial charge in [-0.15, -0.1) is 6.58 Å². The number of nitrogens with zero attached hydrogens (tertiary/aromatic N) is 3. The van der Waals surface area contributed by atoms with Crippen LogP contribution in [0.2, 0.25) is 0 Å². The van der Waals surface area contributed by atoms with Crippen molar-refractivity contribution in [2.75, 3.05) is 20.1 Å². The van der Waals surface area contributed by atoms with Gasteiger partial charge in [0.05, 0.1) is 5.52 Å². The first kappa shape index (κ1) is 16.7. The molecule has 6 nitrogen and oxygen atoms in total. The normalized spacial score (nSPS) is 10.5. The van der Waals surface area contributed by atoms with Gasteiger partial charge in [-0.25, -0.2) is 4.98 Å². The number of aromatic nitrogens is 2. The smallest absolute Gasteiger partial charge is 0.287 e. The van der Waals surface area contributed by atoms with Crippen molar-refractivity contribution in [2.45, 2.75) is 19.8 Å². The predicted octanol–water partition coefficient (Wildman–Crippen LogP) is 2.12. The van der Waals surface area contributed by atoms with Gasteiger partial charge >= 0.3 is 0 Å². The molecule has 2 aromatic rings. The summed E-state index contributed by atoms with van der Waals surface area (Å²) in [6.07, 6.45) is 5.27. The fourth-order valence-corrected chi connectivity index (χ4v) is 2.28. The molecule has 23 heavy (non-hydrogen) atoms. The Bertz CT molecular complexity index is 720. The summed E-state index contributed by atoms with van der Waals surface area (Å²) < 4.78 is 1.64. The van der Waals surface area contributed by atoms with Crippen molar-refractivity contribution in [3.05, 3.63) is 48.6 Å². The second-order valence-electron chi connectivity index (χ2n) is 5.32. The summed E-state index contributed by atoms with van der Waals surface area (Å²) in [7, 11) is 1.75. The zero-order chi connectivity index (χ0) is 16.8. The van der Waals surface area contributed by atoms with Crippen molar-refractivity contribution >= 4 is 17.3 Å². The van der Waals surface area contributed by atoms with Gasteiger partial charge in [0.1, 0.15) is 0 Å². The fourth-order valence-electron chi connectivity index (χ4n) is 2.28. The number of hydrogen-bond acceptors (Lipinski definition) is 3. The number of carbonyl (C=O) groups is 2. The van der Waals surface area contributed by atoms with Crippen LogP contribution in [0.15, 0.2) is 37.1 Å². The highest BCUT2D eigenvalue weighted by atomic mass is 16.2. The second kappa shape index (κ2) is 7.58. The minimum atomic E-state index is -0.332. The summed E-state index contributed by atoms with van der Waals surface area (Å²) >= 11 is 0. The molecule has 0 radical (unpaired) electrons. The molecule has 0 spiro atoms. The number of amides is 2. The van der Waals surface area contributed by atoms with Crippen molar-refractivity contribution in [1.29, 1.82) is 0 Å². The van der Waals surface area contributed by atoms with Crippen molar-refractivity contribution in [2.24, 2.45) is 0 Å². The molecule has 1 N–H and O–H groups in total. The summed E-state index contributed by atoms with van der Waals surface area (Å²) in [4.78, 5) is 30.8. The van der Waals surface area contributed by atoms with E-state index in [-0.39, 0.29) is 17.6 Å². The van der Waals surface area contributed by atoms with E-state index in [0.29, 0.717) is 24.3 Å². The number of nitrogens with one attached hydrogen (secondary N) is 1. The van der Waals surface area contributed by atoms with Gasteiger partial charge in [0, 0.05) is 26.3 Å². The Morgan fingerprint density at radius 1 is 1.43 bits per heavy atom. The third-order valence-electron chi connectivity index (χ3n) is 3.55. The van der Waals surface area contributed by atoms with Crippen LogP contribution in [-0.4, -0.2) is 46.2 Å².